The van der Waals surface area contributed by atoms with Crippen molar-refractivity contribution in [3.63, 3.8) is 0 Å². The van der Waals surface area contributed by atoms with Crippen molar-refractivity contribution >= 4 is 38.0 Å². The molecule has 2 aromatic carbocycles. The van der Waals surface area contributed by atoms with Crippen LogP contribution in [0.3, 0.4) is 0 Å². The van der Waals surface area contributed by atoms with Gasteiger partial charge >= 0.3 is 0 Å². The molecule has 4 heterocycles. The summed E-state index contributed by atoms with van der Waals surface area (Å²) >= 11 is 0. The van der Waals surface area contributed by atoms with Gasteiger partial charge in [0.1, 0.15) is 0 Å². The number of nitrogens with zero attached hydrogens (tertiary/aromatic N) is 6. The van der Waals surface area contributed by atoms with Gasteiger partial charge in [-0.25, -0.2) is 18.1 Å². The van der Waals surface area contributed by atoms with Crippen molar-refractivity contribution < 1.29 is 13.2 Å². The molecule has 216 valence electrons. The Morgan fingerprint density at radius 2 is 1.86 bits per heavy atom. The van der Waals surface area contributed by atoms with Crippen LogP contribution < -0.4 is 15.8 Å². The van der Waals surface area contributed by atoms with E-state index < -0.39 is 15.4 Å². The fourth-order valence-electron chi connectivity index (χ4n) is 5.30. The monoisotopic (exact) mass is 586 g/mol. The highest BCUT2D eigenvalue weighted by molar-refractivity contribution is 7.91. The number of pyridine rings is 1. The number of carbonyl (C=O) groups excluding carboxylic acids is 1. The van der Waals surface area contributed by atoms with Crippen molar-refractivity contribution in [3.05, 3.63) is 88.0 Å². The first-order chi connectivity index (χ1) is 20.2. The highest BCUT2D eigenvalue weighted by atomic mass is 32.2. The predicted molar refractivity (Wildman–Crippen MR) is 157 cm³/mol. The van der Waals surface area contributed by atoms with E-state index in [2.05, 4.69) is 35.4 Å². The zero-order valence-electron chi connectivity index (χ0n) is 23.2. The minimum atomic E-state index is -4.04. The molecule has 0 saturated carbocycles. The summed E-state index contributed by atoms with van der Waals surface area (Å²) in [6.07, 6.45) is 3.43. The summed E-state index contributed by atoms with van der Waals surface area (Å²) in [6.45, 7) is 7.09. The number of hydrogen-bond donors (Lipinski definition) is 2. The van der Waals surface area contributed by atoms with Gasteiger partial charge in [0.15, 0.2) is 5.65 Å². The molecule has 13 heteroatoms. The smallest absolute Gasteiger partial charge is 0.281 e. The zero-order valence-corrected chi connectivity index (χ0v) is 24.1. The van der Waals surface area contributed by atoms with Crippen LogP contribution >= 0.6 is 0 Å². The third-order valence-corrected chi connectivity index (χ3v) is 9.33. The van der Waals surface area contributed by atoms with Gasteiger partial charge in [0, 0.05) is 50.8 Å². The van der Waals surface area contributed by atoms with Gasteiger partial charge in [-0.1, -0.05) is 23.8 Å². The molecule has 0 spiro atoms. The lowest BCUT2D eigenvalue weighted by atomic mass is 10.2. The van der Waals surface area contributed by atoms with Gasteiger partial charge in [0.25, 0.3) is 5.56 Å². The highest BCUT2D eigenvalue weighted by Crippen LogP contribution is 2.27. The van der Waals surface area contributed by atoms with Crippen molar-refractivity contribution in [3.8, 4) is 0 Å². The van der Waals surface area contributed by atoms with Crippen molar-refractivity contribution in [1.82, 2.24) is 35.0 Å². The van der Waals surface area contributed by atoms with Crippen molar-refractivity contribution in [2.24, 2.45) is 0 Å². The number of H-pyrrole nitrogens is 1. The van der Waals surface area contributed by atoms with Gasteiger partial charge in [0.05, 0.1) is 22.3 Å². The third-order valence-electron chi connectivity index (χ3n) is 7.51. The van der Waals surface area contributed by atoms with Crippen LogP contribution in [-0.2, 0) is 21.2 Å². The third kappa shape index (κ3) is 5.23. The van der Waals surface area contributed by atoms with E-state index in [1.54, 1.807) is 43.6 Å². The number of aryl methyl sites for hydroxylation is 2. The molecule has 1 saturated heterocycles. The molecule has 1 aliphatic heterocycles. The first kappa shape index (κ1) is 27.5. The maximum Gasteiger partial charge on any atom is 0.281 e. The number of piperazine rings is 1. The van der Waals surface area contributed by atoms with Gasteiger partial charge in [-0.2, -0.15) is 4.98 Å². The first-order valence-corrected chi connectivity index (χ1v) is 15.1. The molecule has 2 N–H and O–H groups in total. The summed E-state index contributed by atoms with van der Waals surface area (Å²) in [5.41, 5.74) is 3.25. The molecule has 0 atom stereocenters. The van der Waals surface area contributed by atoms with Crippen molar-refractivity contribution in [2.75, 3.05) is 37.6 Å². The number of benzene rings is 2. The Morgan fingerprint density at radius 1 is 1.05 bits per heavy atom. The summed E-state index contributed by atoms with van der Waals surface area (Å²) < 4.78 is 28.5. The van der Waals surface area contributed by atoms with Crippen LogP contribution in [0.5, 0.6) is 0 Å². The standard InChI is InChI=1S/C29H30N8O4S/c1-19-5-8-25(20(2)14-19)42(40,41)29-27-32-28(39)23-7-6-22(15-24(23)37(27)34-33-29)36-12-10-35(11-13-36)18-26(38)31-17-21-4-3-9-30-16-21/h3-9,14-16,34H,10-13,17-18H2,1-2H3,(H,31,38). The molecular formula is C29H30N8O4S. The molecule has 0 aliphatic carbocycles. The maximum atomic E-state index is 13.5. The van der Waals surface area contributed by atoms with Gasteiger partial charge in [-0.05, 0) is 55.3 Å². The second-order valence-corrected chi connectivity index (χ2v) is 12.3. The lowest BCUT2D eigenvalue weighted by molar-refractivity contribution is -0.122. The number of amides is 1. The minimum Gasteiger partial charge on any atom is -0.369 e. The molecular weight excluding hydrogens is 556 g/mol. The van der Waals surface area contributed by atoms with Crippen LogP contribution in [0.1, 0.15) is 16.7 Å². The average molecular weight is 587 g/mol. The van der Waals surface area contributed by atoms with Crippen LogP contribution in [0.2, 0.25) is 0 Å². The number of hydrogen-bond acceptors (Lipinski definition) is 9. The molecule has 6 rings (SSSR count). The molecule has 1 amide bonds. The Hall–Kier alpha value is -4.62. The second kappa shape index (κ2) is 11.0. The maximum absolute atomic E-state index is 13.5. The number of rotatable bonds is 7. The van der Waals surface area contributed by atoms with Gasteiger partial charge in [-0.3, -0.25) is 19.5 Å². The second-order valence-electron chi connectivity index (χ2n) is 10.5. The number of fused-ring (bicyclic) bond motifs is 3. The van der Waals surface area contributed by atoms with E-state index in [9.17, 15) is 18.0 Å². The van der Waals surface area contributed by atoms with E-state index in [-0.39, 0.29) is 21.5 Å². The van der Waals surface area contributed by atoms with Crippen molar-refractivity contribution in [2.45, 2.75) is 30.3 Å². The number of sulfone groups is 1. The van der Waals surface area contributed by atoms with Crippen LogP contribution in [0.4, 0.5) is 5.69 Å². The quantitative estimate of drug-likeness (QED) is 0.292. The summed E-state index contributed by atoms with van der Waals surface area (Å²) in [6, 6.07) is 14.2. The Balaban J connectivity index is 1.21. The summed E-state index contributed by atoms with van der Waals surface area (Å²) in [5, 5.41) is 9.84. The largest absolute Gasteiger partial charge is 0.369 e. The van der Waals surface area contributed by atoms with E-state index >= 15 is 0 Å². The fourth-order valence-corrected chi connectivity index (χ4v) is 6.78. The Morgan fingerprint density at radius 3 is 2.60 bits per heavy atom. The first-order valence-electron chi connectivity index (χ1n) is 13.6. The Kier molecular flexibility index (Phi) is 7.21. The van der Waals surface area contributed by atoms with Gasteiger partial charge in [0.2, 0.25) is 20.8 Å². The Bertz CT molecular complexity index is 1960. The number of aromatic nitrogens is 5. The normalized spacial score (nSPS) is 14.5. The molecule has 0 unspecified atom stereocenters. The number of aromatic amines is 1. The molecule has 42 heavy (non-hydrogen) atoms. The molecule has 12 nitrogen and oxygen atoms in total. The lowest BCUT2D eigenvalue weighted by Gasteiger charge is -2.35. The van der Waals surface area contributed by atoms with Crippen LogP contribution in [0, 0.1) is 13.8 Å². The van der Waals surface area contributed by atoms with Gasteiger partial charge in [-0.15, -0.1) is 5.10 Å². The average Bonchev–Trinajstić information content (AvgIpc) is 3.42. The van der Waals surface area contributed by atoms with E-state index in [1.165, 1.54) is 4.52 Å². The van der Waals surface area contributed by atoms with Crippen molar-refractivity contribution in [1.29, 1.82) is 0 Å². The summed E-state index contributed by atoms with van der Waals surface area (Å²) in [7, 11) is -4.04. The Labute approximate surface area is 241 Å². The predicted octanol–water partition coefficient (Wildman–Crippen LogP) is 1.85. The van der Waals surface area contributed by atoms with E-state index in [4.69, 9.17) is 0 Å². The van der Waals surface area contributed by atoms with Crippen LogP contribution in [0.25, 0.3) is 16.6 Å². The molecule has 0 radical (unpaired) electrons. The molecule has 5 aromatic rings. The highest BCUT2D eigenvalue weighted by Gasteiger charge is 2.28. The van der Waals surface area contributed by atoms with Gasteiger partial charge < -0.3 is 10.2 Å². The topological polar surface area (TPSA) is 146 Å². The number of anilines is 1. The van der Waals surface area contributed by atoms with Crippen LogP contribution in [0.15, 0.2) is 75.6 Å². The lowest BCUT2D eigenvalue weighted by Crippen LogP contribution is -2.49. The molecule has 1 aliphatic rings. The van der Waals surface area contributed by atoms with E-state index in [0.717, 1.165) is 16.8 Å². The SMILES string of the molecule is Cc1ccc(S(=O)(=O)c2n[nH]n3c2nc(=O)c2ccc(N4CCN(CC(=O)NCc5cccnc5)CC4)cc23)c(C)c1. The molecule has 1 fully saturated rings. The minimum absolute atomic E-state index is 0.0434. The van der Waals surface area contributed by atoms with E-state index in [1.807, 2.05) is 31.2 Å². The summed E-state index contributed by atoms with van der Waals surface area (Å²) in [4.78, 5) is 38.0. The van der Waals surface area contributed by atoms with E-state index in [0.29, 0.717) is 55.7 Å². The molecule has 3 aromatic heterocycles. The number of carbonyl (C=O) groups is 1. The zero-order chi connectivity index (χ0) is 29.4. The molecule has 0 bridgehead atoms. The number of nitrogens with one attached hydrogen (secondary N) is 2. The summed E-state index contributed by atoms with van der Waals surface area (Å²) in [5.74, 6) is -0.0434. The fraction of sp³-hybridized carbons (Fsp3) is 0.276. The van der Waals surface area contributed by atoms with Crippen LogP contribution in [-0.4, -0.2) is 76.7 Å².